The molecule has 166 valence electrons. The van der Waals surface area contributed by atoms with Crippen LogP contribution in [0.2, 0.25) is 0 Å². The number of carbonyl (C=O) groups excluding carboxylic acids is 1. The first-order valence-electron chi connectivity index (χ1n) is 10.7. The minimum absolute atomic E-state index is 0.113. The predicted molar refractivity (Wildman–Crippen MR) is 130 cm³/mol. The van der Waals surface area contributed by atoms with E-state index in [0.717, 1.165) is 27.7 Å². The molecule has 0 bridgehead atoms. The number of anilines is 1. The van der Waals surface area contributed by atoms with Crippen molar-refractivity contribution in [1.29, 1.82) is 0 Å². The Morgan fingerprint density at radius 2 is 1.79 bits per heavy atom. The summed E-state index contributed by atoms with van der Waals surface area (Å²) in [5, 5.41) is 22.2. The number of carbonyl (C=O) groups is 1. The summed E-state index contributed by atoms with van der Waals surface area (Å²) in [5.41, 5.74) is 4.71. The van der Waals surface area contributed by atoms with Crippen LogP contribution < -0.4 is 5.32 Å². The summed E-state index contributed by atoms with van der Waals surface area (Å²) in [6.07, 6.45) is 0.113. The van der Waals surface area contributed by atoms with Crippen molar-refractivity contribution in [2.75, 3.05) is 5.32 Å². The minimum atomic E-state index is -0.502. The molecule has 5 rings (SSSR count). The number of aryl methyl sites for hydroxylation is 2. The van der Waals surface area contributed by atoms with Crippen molar-refractivity contribution < 1.29 is 9.90 Å². The number of amides is 1. The second kappa shape index (κ2) is 8.29. The zero-order valence-electron chi connectivity index (χ0n) is 18.5. The highest BCUT2D eigenvalue weighted by Crippen LogP contribution is 2.39. The molecule has 8 heteroatoms. The van der Waals surface area contributed by atoms with Gasteiger partial charge in [0.2, 0.25) is 5.91 Å². The van der Waals surface area contributed by atoms with Gasteiger partial charge in [0.1, 0.15) is 22.6 Å². The van der Waals surface area contributed by atoms with Gasteiger partial charge in [-0.1, -0.05) is 30.3 Å². The van der Waals surface area contributed by atoms with Crippen LogP contribution in [-0.2, 0) is 4.79 Å². The number of rotatable bonds is 4. The van der Waals surface area contributed by atoms with Gasteiger partial charge in [-0.3, -0.25) is 14.4 Å². The van der Waals surface area contributed by atoms with Gasteiger partial charge >= 0.3 is 0 Å². The van der Waals surface area contributed by atoms with Gasteiger partial charge in [-0.2, -0.15) is 0 Å². The molecule has 7 nitrogen and oxygen atoms in total. The van der Waals surface area contributed by atoms with Crippen LogP contribution in [0.15, 0.2) is 59.6 Å². The zero-order chi connectivity index (χ0) is 23.1. The normalized spacial score (nSPS) is 14.8. The molecule has 0 fully saturated rings. The molecular formula is C25H23N5O2S. The van der Waals surface area contributed by atoms with E-state index in [1.807, 2.05) is 41.8 Å². The summed E-state index contributed by atoms with van der Waals surface area (Å²) in [5.74, 6) is 1.38. The number of aromatic nitrogens is 3. The molecule has 1 atom stereocenters. The smallest absolute Gasteiger partial charge is 0.227 e. The van der Waals surface area contributed by atoms with Crippen LogP contribution in [-0.4, -0.2) is 31.5 Å². The molecule has 1 aliphatic heterocycles. The Labute approximate surface area is 195 Å². The van der Waals surface area contributed by atoms with Crippen LogP contribution in [0.3, 0.4) is 0 Å². The van der Waals surface area contributed by atoms with Gasteiger partial charge in [0, 0.05) is 21.7 Å². The molecule has 0 radical (unpaired) electrons. The molecule has 0 saturated heterocycles. The lowest BCUT2D eigenvalue weighted by Crippen LogP contribution is -2.17. The van der Waals surface area contributed by atoms with Crippen molar-refractivity contribution >= 4 is 28.6 Å². The second-order valence-corrected chi connectivity index (χ2v) is 9.27. The maximum atomic E-state index is 13.0. The van der Waals surface area contributed by atoms with Crippen LogP contribution in [0.25, 0.3) is 5.00 Å². The first-order chi connectivity index (χ1) is 15.9. The highest BCUT2D eigenvalue weighted by Gasteiger charge is 2.32. The standard InChI is InChI=1S/C25H23N5O2S/c1-14-15(2)33-25-22(14)23(17-7-5-4-6-8-17)27-20(24-29-28-16(3)30(24)25)13-21(32)26-18-9-11-19(31)12-10-18/h4-12,20,31H,13H2,1-3H3,(H,26,32)/t20-/m0/s1. The van der Waals surface area contributed by atoms with Gasteiger partial charge in [0.05, 0.1) is 12.1 Å². The van der Waals surface area contributed by atoms with Crippen molar-refractivity contribution in [2.45, 2.75) is 33.2 Å². The highest BCUT2D eigenvalue weighted by molar-refractivity contribution is 7.15. The zero-order valence-corrected chi connectivity index (χ0v) is 19.3. The summed E-state index contributed by atoms with van der Waals surface area (Å²) >= 11 is 1.69. The van der Waals surface area contributed by atoms with E-state index in [-0.39, 0.29) is 18.1 Å². The highest BCUT2D eigenvalue weighted by atomic mass is 32.1. The summed E-state index contributed by atoms with van der Waals surface area (Å²) in [4.78, 5) is 19.3. The largest absolute Gasteiger partial charge is 0.508 e. The molecule has 3 heterocycles. The molecule has 2 aromatic heterocycles. The van der Waals surface area contributed by atoms with E-state index in [4.69, 9.17) is 4.99 Å². The Morgan fingerprint density at radius 3 is 2.52 bits per heavy atom. The fourth-order valence-corrected chi connectivity index (χ4v) is 5.27. The van der Waals surface area contributed by atoms with E-state index in [2.05, 4.69) is 29.4 Å². The number of phenolic OH excluding ortho intramolecular Hbond substituents is 1. The molecular weight excluding hydrogens is 434 g/mol. The number of aliphatic imine (C=N–C) groups is 1. The first-order valence-corrected chi connectivity index (χ1v) is 11.5. The van der Waals surface area contributed by atoms with E-state index in [9.17, 15) is 9.90 Å². The van der Waals surface area contributed by atoms with Crippen LogP contribution >= 0.6 is 11.3 Å². The van der Waals surface area contributed by atoms with E-state index < -0.39 is 6.04 Å². The summed E-state index contributed by atoms with van der Waals surface area (Å²) in [7, 11) is 0. The lowest BCUT2D eigenvalue weighted by Gasteiger charge is -2.13. The van der Waals surface area contributed by atoms with E-state index in [0.29, 0.717) is 11.5 Å². The van der Waals surface area contributed by atoms with Crippen LogP contribution in [0.4, 0.5) is 5.69 Å². The number of nitrogens with one attached hydrogen (secondary N) is 1. The first kappa shape index (κ1) is 21.1. The predicted octanol–water partition coefficient (Wildman–Crippen LogP) is 4.88. The fourth-order valence-electron chi connectivity index (χ4n) is 4.05. The molecule has 0 spiro atoms. The van der Waals surface area contributed by atoms with Gasteiger partial charge in [-0.25, -0.2) is 0 Å². The Kier molecular flexibility index (Phi) is 5.30. The number of aromatic hydroxyl groups is 1. The molecule has 33 heavy (non-hydrogen) atoms. The number of phenols is 1. The Hall–Kier alpha value is -3.78. The monoisotopic (exact) mass is 457 g/mol. The number of hydrogen-bond acceptors (Lipinski definition) is 6. The Morgan fingerprint density at radius 1 is 1.06 bits per heavy atom. The van der Waals surface area contributed by atoms with Crippen molar-refractivity contribution in [1.82, 2.24) is 14.8 Å². The molecule has 1 amide bonds. The van der Waals surface area contributed by atoms with Gasteiger partial charge in [-0.05, 0) is 50.6 Å². The van der Waals surface area contributed by atoms with E-state index in [1.54, 1.807) is 23.5 Å². The molecule has 2 N–H and O–H groups in total. The number of benzene rings is 2. The van der Waals surface area contributed by atoms with Crippen molar-refractivity contribution in [3.05, 3.63) is 87.8 Å². The second-order valence-electron chi connectivity index (χ2n) is 8.06. The van der Waals surface area contributed by atoms with Crippen molar-refractivity contribution in [3.8, 4) is 10.8 Å². The third-order valence-corrected chi connectivity index (χ3v) is 7.01. The van der Waals surface area contributed by atoms with Gasteiger partial charge in [0.15, 0.2) is 5.82 Å². The van der Waals surface area contributed by atoms with E-state index in [1.165, 1.54) is 22.6 Å². The maximum Gasteiger partial charge on any atom is 0.227 e. The molecule has 4 aromatic rings. The van der Waals surface area contributed by atoms with Crippen molar-refractivity contribution in [2.24, 2.45) is 4.99 Å². The third-order valence-electron chi connectivity index (χ3n) is 5.82. The Balaban J connectivity index is 1.60. The van der Waals surface area contributed by atoms with Crippen molar-refractivity contribution in [3.63, 3.8) is 0 Å². The average molecular weight is 458 g/mol. The minimum Gasteiger partial charge on any atom is -0.508 e. The summed E-state index contributed by atoms with van der Waals surface area (Å²) in [6, 6.07) is 16.0. The number of hydrogen-bond donors (Lipinski definition) is 2. The molecule has 1 aliphatic rings. The van der Waals surface area contributed by atoms with Gasteiger partial charge in [-0.15, -0.1) is 21.5 Å². The fraction of sp³-hybridized carbons (Fsp3) is 0.200. The van der Waals surface area contributed by atoms with E-state index >= 15 is 0 Å². The third kappa shape index (κ3) is 3.82. The lowest BCUT2D eigenvalue weighted by molar-refractivity contribution is -0.116. The molecule has 0 aliphatic carbocycles. The van der Waals surface area contributed by atoms with Gasteiger partial charge in [0.25, 0.3) is 0 Å². The number of nitrogens with zero attached hydrogens (tertiary/aromatic N) is 4. The van der Waals surface area contributed by atoms with Crippen LogP contribution in [0.1, 0.15) is 45.7 Å². The number of fused-ring (bicyclic) bond motifs is 3. The average Bonchev–Trinajstić information content (AvgIpc) is 3.28. The van der Waals surface area contributed by atoms with Crippen LogP contribution in [0, 0.1) is 20.8 Å². The summed E-state index contributed by atoms with van der Waals surface area (Å²) in [6.45, 7) is 6.14. The topological polar surface area (TPSA) is 92.4 Å². The molecule has 0 saturated carbocycles. The number of thiophene rings is 1. The lowest BCUT2D eigenvalue weighted by atomic mass is 9.99. The SMILES string of the molecule is Cc1sc2c(c1C)C(c1ccccc1)=N[C@@H](CC(=O)Nc1ccc(O)cc1)c1nnc(C)n1-2. The molecule has 2 aromatic carbocycles. The quantitative estimate of drug-likeness (QED) is 0.427. The van der Waals surface area contributed by atoms with Crippen LogP contribution in [0.5, 0.6) is 5.75 Å². The maximum absolute atomic E-state index is 13.0. The summed E-state index contributed by atoms with van der Waals surface area (Å²) < 4.78 is 2.04. The molecule has 0 unspecified atom stereocenters. The Bertz CT molecular complexity index is 1370. The van der Waals surface area contributed by atoms with Gasteiger partial charge < -0.3 is 10.4 Å².